The number of likely N-dealkylation sites (N-methyl/N-ethyl adjacent to an activating group) is 1. The summed E-state index contributed by atoms with van der Waals surface area (Å²) in [6.45, 7) is 1.83. The van der Waals surface area contributed by atoms with E-state index in [9.17, 15) is 31.1 Å². The van der Waals surface area contributed by atoms with Crippen molar-refractivity contribution >= 4 is 11.6 Å². The van der Waals surface area contributed by atoms with Crippen LogP contribution in [0.1, 0.15) is 23.9 Å². The zero-order chi connectivity index (χ0) is 24.2. The van der Waals surface area contributed by atoms with Crippen LogP contribution < -0.4 is 5.32 Å². The number of aromatic nitrogens is 2. The van der Waals surface area contributed by atoms with E-state index in [1.54, 1.807) is 11.8 Å². The Morgan fingerprint density at radius 1 is 1.00 bits per heavy atom. The third-order valence-electron chi connectivity index (χ3n) is 4.62. The second-order valence-corrected chi connectivity index (χ2v) is 6.98. The Kier molecular flexibility index (Phi) is 7.06. The molecular formula is C21H18F6N4O2. The first-order chi connectivity index (χ1) is 15.5. The molecule has 0 atom stereocenters. The van der Waals surface area contributed by atoms with Crippen LogP contribution in [0.15, 0.2) is 53.1 Å². The normalized spacial score (nSPS) is 12.2. The Morgan fingerprint density at radius 3 is 2.27 bits per heavy atom. The van der Waals surface area contributed by atoms with Crippen molar-refractivity contribution in [3.8, 4) is 11.4 Å². The summed E-state index contributed by atoms with van der Waals surface area (Å²) in [6.07, 6.45) is -9.09. The maximum atomic E-state index is 13.1. The molecular weight excluding hydrogens is 454 g/mol. The summed E-state index contributed by atoms with van der Waals surface area (Å²) < 4.78 is 82.4. The van der Waals surface area contributed by atoms with E-state index in [0.717, 1.165) is 24.3 Å². The molecule has 6 nitrogen and oxygen atoms in total. The van der Waals surface area contributed by atoms with Crippen molar-refractivity contribution in [2.75, 3.05) is 18.4 Å². The molecule has 0 aliphatic heterocycles. The summed E-state index contributed by atoms with van der Waals surface area (Å²) in [7, 11) is 0. The molecule has 0 radical (unpaired) electrons. The van der Waals surface area contributed by atoms with Gasteiger partial charge in [0.15, 0.2) is 0 Å². The molecule has 1 aromatic heterocycles. The van der Waals surface area contributed by atoms with Crippen molar-refractivity contribution in [3.63, 3.8) is 0 Å². The van der Waals surface area contributed by atoms with Crippen molar-refractivity contribution in [2.24, 2.45) is 0 Å². The first kappa shape index (κ1) is 24.2. The standard InChI is InChI=1S/C21H18F6N4O2/c1-2-31(11-17(32)28-16-6-4-3-5-15(16)21(25,26)27)12-18-29-19(30-33-18)13-7-9-14(10-8-13)20(22,23)24/h3-10H,2,11-12H2,1H3,(H,28,32). The zero-order valence-electron chi connectivity index (χ0n) is 17.2. The number of anilines is 1. The first-order valence-corrected chi connectivity index (χ1v) is 9.66. The molecule has 33 heavy (non-hydrogen) atoms. The van der Waals surface area contributed by atoms with E-state index in [1.165, 1.54) is 24.3 Å². The molecule has 0 spiro atoms. The van der Waals surface area contributed by atoms with Gasteiger partial charge in [0, 0.05) is 5.56 Å². The highest BCUT2D eigenvalue weighted by atomic mass is 19.4. The van der Waals surface area contributed by atoms with Crippen LogP contribution in [0.4, 0.5) is 32.0 Å². The molecule has 176 valence electrons. The number of amides is 1. The lowest BCUT2D eigenvalue weighted by Gasteiger charge is -2.19. The maximum absolute atomic E-state index is 13.1. The van der Waals surface area contributed by atoms with Crippen LogP contribution in [0.25, 0.3) is 11.4 Å². The molecule has 0 aliphatic carbocycles. The van der Waals surface area contributed by atoms with Gasteiger partial charge in [-0.2, -0.15) is 31.3 Å². The SMILES string of the molecule is CCN(CC(=O)Nc1ccccc1C(F)(F)F)Cc1nc(-c2ccc(C(F)(F)F)cc2)no1. The highest BCUT2D eigenvalue weighted by molar-refractivity contribution is 5.93. The van der Waals surface area contributed by atoms with Crippen molar-refractivity contribution in [1.29, 1.82) is 0 Å². The Labute approximate surface area is 184 Å². The molecule has 0 unspecified atom stereocenters. The topological polar surface area (TPSA) is 71.3 Å². The smallest absolute Gasteiger partial charge is 0.338 e. The third kappa shape index (κ3) is 6.31. The minimum atomic E-state index is -4.62. The number of para-hydroxylation sites is 1. The Balaban J connectivity index is 1.64. The fraction of sp³-hybridized carbons (Fsp3) is 0.286. The number of carbonyl (C=O) groups excluding carboxylic acids is 1. The molecule has 0 saturated carbocycles. The third-order valence-corrected chi connectivity index (χ3v) is 4.62. The number of hydrogen-bond donors (Lipinski definition) is 1. The molecule has 3 rings (SSSR count). The zero-order valence-corrected chi connectivity index (χ0v) is 17.2. The summed E-state index contributed by atoms with van der Waals surface area (Å²) >= 11 is 0. The van der Waals surface area contributed by atoms with Crippen molar-refractivity contribution in [3.05, 3.63) is 65.5 Å². The van der Waals surface area contributed by atoms with Gasteiger partial charge in [0.2, 0.25) is 17.6 Å². The number of halogens is 6. The number of nitrogens with one attached hydrogen (secondary N) is 1. The van der Waals surface area contributed by atoms with Gasteiger partial charge in [0.1, 0.15) is 0 Å². The van der Waals surface area contributed by atoms with Gasteiger partial charge < -0.3 is 9.84 Å². The van der Waals surface area contributed by atoms with E-state index in [2.05, 4.69) is 15.5 Å². The Bertz CT molecular complexity index is 1090. The maximum Gasteiger partial charge on any atom is 0.418 e. The average Bonchev–Trinajstić information content (AvgIpc) is 3.21. The summed E-state index contributed by atoms with van der Waals surface area (Å²) in [5.41, 5.74) is -1.82. The predicted molar refractivity (Wildman–Crippen MR) is 106 cm³/mol. The molecule has 0 saturated heterocycles. The molecule has 0 fully saturated rings. The second kappa shape index (κ2) is 9.61. The number of nitrogens with zero attached hydrogens (tertiary/aromatic N) is 3. The quantitative estimate of drug-likeness (QED) is 0.477. The Hall–Kier alpha value is -3.41. The van der Waals surface area contributed by atoms with E-state index >= 15 is 0 Å². The number of benzene rings is 2. The number of carbonyl (C=O) groups is 1. The molecule has 1 N–H and O–H groups in total. The van der Waals surface area contributed by atoms with Crippen LogP contribution in [-0.4, -0.2) is 34.0 Å². The van der Waals surface area contributed by atoms with Crippen LogP contribution in [0.5, 0.6) is 0 Å². The number of alkyl halides is 6. The molecule has 0 bridgehead atoms. The summed E-state index contributed by atoms with van der Waals surface area (Å²) in [6, 6.07) is 8.84. The van der Waals surface area contributed by atoms with Gasteiger partial charge >= 0.3 is 12.4 Å². The van der Waals surface area contributed by atoms with Crippen molar-refractivity contribution in [2.45, 2.75) is 25.8 Å². The highest BCUT2D eigenvalue weighted by Crippen LogP contribution is 2.34. The van der Waals surface area contributed by atoms with Crippen molar-refractivity contribution in [1.82, 2.24) is 15.0 Å². The van der Waals surface area contributed by atoms with Gasteiger partial charge in [-0.15, -0.1) is 0 Å². The molecule has 0 aliphatic rings. The molecule has 1 heterocycles. The van der Waals surface area contributed by atoms with E-state index in [4.69, 9.17) is 4.52 Å². The van der Waals surface area contributed by atoms with E-state index in [1.807, 2.05) is 0 Å². The van der Waals surface area contributed by atoms with Gasteiger partial charge in [-0.25, -0.2) is 0 Å². The largest absolute Gasteiger partial charge is 0.418 e. The average molecular weight is 472 g/mol. The fourth-order valence-corrected chi connectivity index (χ4v) is 2.95. The summed E-state index contributed by atoms with van der Waals surface area (Å²) in [4.78, 5) is 18.0. The second-order valence-electron chi connectivity index (χ2n) is 6.98. The van der Waals surface area contributed by atoms with Gasteiger partial charge in [-0.3, -0.25) is 9.69 Å². The van der Waals surface area contributed by atoms with Crippen LogP contribution >= 0.6 is 0 Å². The summed E-state index contributed by atoms with van der Waals surface area (Å²) in [5.74, 6) is -0.510. The molecule has 1 amide bonds. The van der Waals surface area contributed by atoms with Crippen LogP contribution in [0.2, 0.25) is 0 Å². The van der Waals surface area contributed by atoms with E-state index in [-0.39, 0.29) is 30.5 Å². The highest BCUT2D eigenvalue weighted by Gasteiger charge is 2.33. The van der Waals surface area contributed by atoms with Crippen LogP contribution in [0, 0.1) is 0 Å². The van der Waals surface area contributed by atoms with Crippen LogP contribution in [0.3, 0.4) is 0 Å². The minimum Gasteiger partial charge on any atom is -0.338 e. The predicted octanol–water partition coefficient (Wildman–Crippen LogP) is 5.23. The number of rotatable bonds is 7. The van der Waals surface area contributed by atoms with Gasteiger partial charge in [-0.1, -0.05) is 36.3 Å². The molecule has 3 aromatic rings. The first-order valence-electron chi connectivity index (χ1n) is 9.66. The number of hydrogen-bond acceptors (Lipinski definition) is 5. The fourth-order valence-electron chi connectivity index (χ4n) is 2.95. The van der Waals surface area contributed by atoms with Crippen LogP contribution in [-0.2, 0) is 23.7 Å². The van der Waals surface area contributed by atoms with Gasteiger partial charge in [0.25, 0.3) is 0 Å². The van der Waals surface area contributed by atoms with Gasteiger partial charge in [0.05, 0.1) is 29.9 Å². The Morgan fingerprint density at radius 2 is 1.67 bits per heavy atom. The lowest BCUT2D eigenvalue weighted by Crippen LogP contribution is -2.33. The van der Waals surface area contributed by atoms with Crippen molar-refractivity contribution < 1.29 is 35.7 Å². The van der Waals surface area contributed by atoms with E-state index in [0.29, 0.717) is 12.1 Å². The summed E-state index contributed by atoms with van der Waals surface area (Å²) in [5, 5.41) is 5.99. The van der Waals surface area contributed by atoms with Gasteiger partial charge in [-0.05, 0) is 30.8 Å². The lowest BCUT2D eigenvalue weighted by molar-refractivity contribution is -0.138. The molecule has 2 aromatic carbocycles. The lowest BCUT2D eigenvalue weighted by atomic mass is 10.1. The minimum absolute atomic E-state index is 0.0124. The molecule has 12 heteroatoms. The van der Waals surface area contributed by atoms with E-state index < -0.39 is 29.4 Å². The monoisotopic (exact) mass is 472 g/mol.